The lowest BCUT2D eigenvalue weighted by Gasteiger charge is -2.28. The van der Waals surface area contributed by atoms with E-state index in [-0.39, 0.29) is 5.92 Å². The first kappa shape index (κ1) is 14.1. The zero-order valence-electron chi connectivity index (χ0n) is 11.0. The van der Waals surface area contributed by atoms with Crippen LogP contribution < -0.4 is 0 Å². The molecule has 100 valence electrons. The molecule has 0 aliphatic heterocycles. The van der Waals surface area contributed by atoms with Crippen LogP contribution in [0, 0.1) is 11.8 Å². The van der Waals surface area contributed by atoms with Crippen molar-refractivity contribution in [2.75, 3.05) is 7.05 Å². The van der Waals surface area contributed by atoms with Gasteiger partial charge in [-0.05, 0) is 64.5 Å². The molecular weight excluding hydrogens is 310 g/mol. The van der Waals surface area contributed by atoms with Crippen molar-refractivity contribution in [3.8, 4) is 0 Å². The molecule has 2 nitrogen and oxygen atoms in total. The van der Waals surface area contributed by atoms with Gasteiger partial charge < -0.3 is 4.90 Å². The SMILES string of the molecule is CC1CCC(C(=O)N(C)Cc2csc(Br)c2)CC1. The topological polar surface area (TPSA) is 20.3 Å². The number of amides is 1. The van der Waals surface area contributed by atoms with E-state index in [1.807, 2.05) is 11.9 Å². The summed E-state index contributed by atoms with van der Waals surface area (Å²) < 4.78 is 1.13. The van der Waals surface area contributed by atoms with E-state index in [4.69, 9.17) is 0 Å². The summed E-state index contributed by atoms with van der Waals surface area (Å²) in [5.74, 6) is 1.38. The number of carbonyl (C=O) groups is 1. The maximum atomic E-state index is 12.3. The molecule has 4 heteroatoms. The molecule has 18 heavy (non-hydrogen) atoms. The third-order valence-corrected chi connectivity index (χ3v) is 5.34. The fourth-order valence-electron chi connectivity index (χ4n) is 2.60. The van der Waals surface area contributed by atoms with Gasteiger partial charge in [-0.15, -0.1) is 11.3 Å². The van der Waals surface area contributed by atoms with E-state index in [0.717, 1.165) is 29.1 Å². The van der Waals surface area contributed by atoms with E-state index < -0.39 is 0 Å². The van der Waals surface area contributed by atoms with E-state index >= 15 is 0 Å². The van der Waals surface area contributed by atoms with Gasteiger partial charge in [-0.25, -0.2) is 0 Å². The summed E-state index contributed by atoms with van der Waals surface area (Å²) in [6, 6.07) is 2.09. The Bertz CT molecular complexity index is 410. The van der Waals surface area contributed by atoms with Crippen LogP contribution in [0.3, 0.4) is 0 Å². The van der Waals surface area contributed by atoms with Crippen molar-refractivity contribution in [1.82, 2.24) is 4.90 Å². The van der Waals surface area contributed by atoms with Gasteiger partial charge in [0.25, 0.3) is 0 Å². The van der Waals surface area contributed by atoms with Gasteiger partial charge in [-0.1, -0.05) is 6.92 Å². The maximum absolute atomic E-state index is 12.3. The number of halogens is 1. The van der Waals surface area contributed by atoms with Crippen molar-refractivity contribution in [3.05, 3.63) is 20.8 Å². The minimum atomic E-state index is 0.258. The molecule has 1 aromatic heterocycles. The Hall–Kier alpha value is -0.350. The highest BCUT2D eigenvalue weighted by Gasteiger charge is 2.26. The van der Waals surface area contributed by atoms with Gasteiger partial charge in [0.1, 0.15) is 0 Å². The molecule has 0 spiro atoms. The Labute approximate surface area is 122 Å². The summed E-state index contributed by atoms with van der Waals surface area (Å²) in [5.41, 5.74) is 1.21. The number of hydrogen-bond donors (Lipinski definition) is 0. The molecule has 0 saturated heterocycles. The molecular formula is C14H20BrNOS. The number of thiophene rings is 1. The van der Waals surface area contributed by atoms with Crippen molar-refractivity contribution in [2.24, 2.45) is 11.8 Å². The molecule has 1 aliphatic rings. The standard InChI is InChI=1S/C14H20BrNOS/c1-10-3-5-12(6-4-10)14(17)16(2)8-11-7-13(15)18-9-11/h7,9-10,12H,3-6,8H2,1-2H3. The molecule has 0 radical (unpaired) electrons. The second-order valence-electron chi connectivity index (χ2n) is 5.41. The van der Waals surface area contributed by atoms with Crippen LogP contribution in [0.15, 0.2) is 15.2 Å². The highest BCUT2D eigenvalue weighted by molar-refractivity contribution is 9.11. The third-order valence-electron chi connectivity index (χ3n) is 3.78. The minimum absolute atomic E-state index is 0.258. The summed E-state index contributed by atoms with van der Waals surface area (Å²) in [6.07, 6.45) is 4.54. The molecule has 0 atom stereocenters. The Kier molecular flexibility index (Phi) is 4.84. The molecule has 1 amide bonds. The highest BCUT2D eigenvalue weighted by atomic mass is 79.9. The van der Waals surface area contributed by atoms with Gasteiger partial charge in [-0.2, -0.15) is 0 Å². The number of carbonyl (C=O) groups excluding carboxylic acids is 1. The van der Waals surface area contributed by atoms with Crippen molar-refractivity contribution in [3.63, 3.8) is 0 Å². The van der Waals surface area contributed by atoms with Crippen LogP contribution >= 0.6 is 27.3 Å². The van der Waals surface area contributed by atoms with Crippen LogP contribution in [-0.4, -0.2) is 17.9 Å². The quantitative estimate of drug-likeness (QED) is 0.809. The monoisotopic (exact) mass is 329 g/mol. The average molecular weight is 330 g/mol. The van der Waals surface area contributed by atoms with Gasteiger partial charge in [0, 0.05) is 19.5 Å². The van der Waals surface area contributed by atoms with Crippen LogP contribution in [0.4, 0.5) is 0 Å². The lowest BCUT2D eigenvalue weighted by molar-refractivity contribution is -0.136. The first-order valence-electron chi connectivity index (χ1n) is 6.54. The summed E-state index contributed by atoms with van der Waals surface area (Å²) in [5, 5.41) is 2.11. The molecule has 1 saturated carbocycles. The predicted molar refractivity (Wildman–Crippen MR) is 79.6 cm³/mol. The Morgan fingerprint density at radius 2 is 2.11 bits per heavy atom. The fourth-order valence-corrected chi connectivity index (χ4v) is 3.80. The van der Waals surface area contributed by atoms with E-state index in [0.29, 0.717) is 5.91 Å². The van der Waals surface area contributed by atoms with Gasteiger partial charge in [0.2, 0.25) is 5.91 Å². The lowest BCUT2D eigenvalue weighted by atomic mass is 9.82. The number of nitrogens with zero attached hydrogens (tertiary/aromatic N) is 1. The van der Waals surface area contributed by atoms with Gasteiger partial charge in [0.15, 0.2) is 0 Å². The molecule has 1 fully saturated rings. The Balaban J connectivity index is 1.88. The Morgan fingerprint density at radius 1 is 1.44 bits per heavy atom. The number of hydrogen-bond acceptors (Lipinski definition) is 2. The summed E-state index contributed by atoms with van der Waals surface area (Å²) >= 11 is 5.13. The second kappa shape index (κ2) is 6.20. The van der Waals surface area contributed by atoms with Crippen molar-refractivity contribution in [1.29, 1.82) is 0 Å². The molecule has 2 rings (SSSR count). The van der Waals surface area contributed by atoms with Crippen LogP contribution in [0.1, 0.15) is 38.2 Å². The fraction of sp³-hybridized carbons (Fsp3) is 0.643. The van der Waals surface area contributed by atoms with Gasteiger partial charge in [-0.3, -0.25) is 4.79 Å². The van der Waals surface area contributed by atoms with E-state index in [9.17, 15) is 4.79 Å². The molecule has 0 N–H and O–H groups in total. The molecule has 0 bridgehead atoms. The van der Waals surface area contributed by atoms with Crippen LogP contribution in [0.2, 0.25) is 0 Å². The Morgan fingerprint density at radius 3 is 2.67 bits per heavy atom. The zero-order valence-corrected chi connectivity index (χ0v) is 13.4. The third kappa shape index (κ3) is 3.58. The predicted octanol–water partition coefficient (Wildman–Crippen LogP) is 4.30. The first-order valence-corrected chi connectivity index (χ1v) is 8.21. The highest BCUT2D eigenvalue weighted by Crippen LogP contribution is 2.30. The summed E-state index contributed by atoms with van der Waals surface area (Å²) in [7, 11) is 1.92. The van der Waals surface area contributed by atoms with E-state index in [1.165, 1.54) is 18.4 Å². The maximum Gasteiger partial charge on any atom is 0.225 e. The average Bonchev–Trinajstić information content (AvgIpc) is 2.75. The lowest BCUT2D eigenvalue weighted by Crippen LogP contribution is -2.34. The van der Waals surface area contributed by atoms with Crippen molar-refractivity contribution >= 4 is 33.2 Å². The molecule has 1 heterocycles. The summed E-state index contributed by atoms with van der Waals surface area (Å²) in [6.45, 7) is 3.01. The first-order chi connectivity index (χ1) is 8.56. The molecule has 1 aliphatic carbocycles. The smallest absolute Gasteiger partial charge is 0.225 e. The second-order valence-corrected chi connectivity index (χ2v) is 7.70. The van der Waals surface area contributed by atoms with E-state index in [1.54, 1.807) is 11.3 Å². The largest absolute Gasteiger partial charge is 0.341 e. The van der Waals surface area contributed by atoms with E-state index in [2.05, 4.69) is 34.3 Å². The molecule has 0 aromatic carbocycles. The normalized spacial score (nSPS) is 23.9. The zero-order chi connectivity index (χ0) is 13.1. The summed E-state index contributed by atoms with van der Waals surface area (Å²) in [4.78, 5) is 14.2. The molecule has 0 unspecified atom stereocenters. The number of rotatable bonds is 3. The van der Waals surface area contributed by atoms with Gasteiger partial charge in [0.05, 0.1) is 3.79 Å². The molecule has 1 aromatic rings. The van der Waals surface area contributed by atoms with Crippen molar-refractivity contribution in [2.45, 2.75) is 39.2 Å². The van der Waals surface area contributed by atoms with Crippen LogP contribution in [0.5, 0.6) is 0 Å². The van der Waals surface area contributed by atoms with Crippen LogP contribution in [-0.2, 0) is 11.3 Å². The van der Waals surface area contributed by atoms with Crippen LogP contribution in [0.25, 0.3) is 0 Å². The van der Waals surface area contributed by atoms with Crippen molar-refractivity contribution < 1.29 is 4.79 Å². The van der Waals surface area contributed by atoms with Gasteiger partial charge >= 0.3 is 0 Å². The minimum Gasteiger partial charge on any atom is -0.341 e.